The molecule has 1 N–H and O–H groups in total. The molecule has 7 heteroatoms. The van der Waals surface area contributed by atoms with Crippen LogP contribution in [-0.4, -0.2) is 54.7 Å². The maximum atomic E-state index is 11.0. The SMILES string of the molecule is Cc1cccc(CN=C2NC=NC3C2N=CN3C2CC(C=O)CO2)c1. The Kier molecular flexibility index (Phi) is 4.31. The Labute approximate surface area is 146 Å². The van der Waals surface area contributed by atoms with Gasteiger partial charge in [-0.1, -0.05) is 29.8 Å². The molecule has 1 fully saturated rings. The number of nitrogens with zero attached hydrogens (tertiary/aromatic N) is 4. The number of benzene rings is 1. The Balaban J connectivity index is 1.47. The molecule has 0 bridgehead atoms. The van der Waals surface area contributed by atoms with Crippen molar-refractivity contribution in [2.75, 3.05) is 6.61 Å². The van der Waals surface area contributed by atoms with Crippen molar-refractivity contribution < 1.29 is 9.53 Å². The van der Waals surface area contributed by atoms with Gasteiger partial charge in [-0.25, -0.2) is 4.99 Å². The molecule has 130 valence electrons. The van der Waals surface area contributed by atoms with Crippen molar-refractivity contribution in [3.8, 4) is 0 Å². The molecule has 1 aromatic rings. The molecule has 7 nitrogen and oxygen atoms in total. The van der Waals surface area contributed by atoms with Crippen LogP contribution in [0.15, 0.2) is 39.2 Å². The van der Waals surface area contributed by atoms with Gasteiger partial charge < -0.3 is 19.7 Å². The second kappa shape index (κ2) is 6.76. The molecule has 0 spiro atoms. The van der Waals surface area contributed by atoms with Crippen molar-refractivity contribution in [2.24, 2.45) is 20.9 Å². The highest BCUT2D eigenvalue weighted by molar-refractivity contribution is 5.99. The number of nitrogens with one attached hydrogen (secondary N) is 1. The van der Waals surface area contributed by atoms with Gasteiger partial charge in [0.2, 0.25) is 0 Å². The molecule has 0 amide bonds. The highest BCUT2D eigenvalue weighted by atomic mass is 16.5. The van der Waals surface area contributed by atoms with E-state index in [1.807, 2.05) is 11.0 Å². The molecule has 4 unspecified atom stereocenters. The summed E-state index contributed by atoms with van der Waals surface area (Å²) >= 11 is 0. The molecule has 0 radical (unpaired) electrons. The molecular formula is C18H21N5O2. The van der Waals surface area contributed by atoms with Crippen LogP contribution in [0.3, 0.4) is 0 Å². The van der Waals surface area contributed by atoms with Gasteiger partial charge in [0.15, 0.2) is 6.17 Å². The minimum Gasteiger partial charge on any atom is -0.358 e. The molecule has 4 atom stereocenters. The monoisotopic (exact) mass is 339 g/mol. The number of ether oxygens (including phenoxy) is 1. The van der Waals surface area contributed by atoms with Crippen molar-refractivity contribution in [2.45, 2.75) is 38.3 Å². The van der Waals surface area contributed by atoms with Crippen LogP contribution in [0.2, 0.25) is 0 Å². The zero-order valence-electron chi connectivity index (χ0n) is 14.1. The predicted molar refractivity (Wildman–Crippen MR) is 95.8 cm³/mol. The molecular weight excluding hydrogens is 318 g/mol. The van der Waals surface area contributed by atoms with E-state index in [-0.39, 0.29) is 24.4 Å². The summed E-state index contributed by atoms with van der Waals surface area (Å²) < 4.78 is 5.74. The number of aliphatic imine (C=N–C) groups is 3. The van der Waals surface area contributed by atoms with Crippen LogP contribution in [0, 0.1) is 12.8 Å². The van der Waals surface area contributed by atoms with Crippen molar-refractivity contribution in [1.29, 1.82) is 0 Å². The lowest BCUT2D eigenvalue weighted by Gasteiger charge is -2.31. The lowest BCUT2D eigenvalue weighted by atomic mass is 10.1. The van der Waals surface area contributed by atoms with E-state index in [4.69, 9.17) is 9.73 Å². The first-order chi connectivity index (χ1) is 12.2. The predicted octanol–water partition coefficient (Wildman–Crippen LogP) is 1.13. The largest absolute Gasteiger partial charge is 0.358 e. The molecule has 1 saturated heterocycles. The lowest BCUT2D eigenvalue weighted by molar-refractivity contribution is -0.111. The first-order valence-corrected chi connectivity index (χ1v) is 8.50. The van der Waals surface area contributed by atoms with Crippen LogP contribution < -0.4 is 5.32 Å². The van der Waals surface area contributed by atoms with Gasteiger partial charge in [0.05, 0.1) is 25.8 Å². The smallest absolute Gasteiger partial charge is 0.155 e. The van der Waals surface area contributed by atoms with E-state index < -0.39 is 0 Å². The van der Waals surface area contributed by atoms with Gasteiger partial charge in [0.25, 0.3) is 0 Å². The standard InChI is InChI=1S/C18H21N5O2/c1-12-3-2-4-13(5-12)7-19-17-16-18(21-10-20-17)23(11-22-16)15-6-14(8-24)9-25-15/h2-5,8,10-11,14-16,18H,6-7,9H2,1H3,(H,19,20,21). The van der Waals surface area contributed by atoms with Gasteiger partial charge in [0.1, 0.15) is 24.4 Å². The second-order valence-electron chi connectivity index (χ2n) is 6.60. The minimum atomic E-state index is -0.159. The molecule has 0 aliphatic carbocycles. The van der Waals surface area contributed by atoms with Gasteiger partial charge >= 0.3 is 0 Å². The first kappa shape index (κ1) is 16.0. The number of carbonyl (C=O) groups excluding carboxylic acids is 1. The third kappa shape index (κ3) is 3.19. The maximum absolute atomic E-state index is 11.0. The molecule has 0 aromatic heterocycles. The number of amidine groups is 1. The summed E-state index contributed by atoms with van der Waals surface area (Å²) in [7, 11) is 0. The summed E-state index contributed by atoms with van der Waals surface area (Å²) in [6.07, 6.45) is 4.78. The molecule has 3 aliphatic heterocycles. The number of hydrogen-bond acceptors (Lipinski definition) is 6. The molecule has 0 saturated carbocycles. The summed E-state index contributed by atoms with van der Waals surface area (Å²) in [4.78, 5) is 26.7. The number of hydrogen-bond donors (Lipinski definition) is 1. The Morgan fingerprint density at radius 3 is 3.16 bits per heavy atom. The van der Waals surface area contributed by atoms with Crippen LogP contribution in [0.25, 0.3) is 0 Å². The summed E-state index contributed by atoms with van der Waals surface area (Å²) in [5.41, 5.74) is 2.39. The van der Waals surface area contributed by atoms with Crippen LogP contribution in [0.4, 0.5) is 0 Å². The molecule has 1 aromatic carbocycles. The summed E-state index contributed by atoms with van der Waals surface area (Å²) in [5, 5.41) is 3.13. The molecule has 4 rings (SSSR count). The summed E-state index contributed by atoms with van der Waals surface area (Å²) in [6, 6.07) is 8.16. The van der Waals surface area contributed by atoms with Crippen molar-refractivity contribution in [3.63, 3.8) is 0 Å². The van der Waals surface area contributed by atoms with E-state index in [1.165, 1.54) is 11.1 Å². The third-order valence-corrected chi connectivity index (χ3v) is 4.71. The third-order valence-electron chi connectivity index (χ3n) is 4.71. The number of aldehydes is 1. The van der Waals surface area contributed by atoms with E-state index in [0.29, 0.717) is 19.6 Å². The van der Waals surface area contributed by atoms with Crippen molar-refractivity contribution in [3.05, 3.63) is 35.4 Å². The highest BCUT2D eigenvalue weighted by Crippen LogP contribution is 2.28. The summed E-state index contributed by atoms with van der Waals surface area (Å²) in [6.45, 7) is 3.14. The Bertz CT molecular complexity index is 745. The average molecular weight is 339 g/mol. The van der Waals surface area contributed by atoms with Gasteiger partial charge in [0, 0.05) is 12.3 Å². The van der Waals surface area contributed by atoms with E-state index in [0.717, 1.165) is 12.1 Å². The van der Waals surface area contributed by atoms with E-state index in [2.05, 4.69) is 40.4 Å². The zero-order valence-corrected chi connectivity index (χ0v) is 14.1. The Morgan fingerprint density at radius 2 is 2.36 bits per heavy atom. The minimum absolute atomic E-state index is 0.0439. The van der Waals surface area contributed by atoms with Gasteiger partial charge in [-0.3, -0.25) is 9.98 Å². The van der Waals surface area contributed by atoms with Crippen LogP contribution in [0.5, 0.6) is 0 Å². The van der Waals surface area contributed by atoms with E-state index in [1.54, 1.807) is 12.7 Å². The average Bonchev–Trinajstić information content (AvgIpc) is 3.26. The first-order valence-electron chi connectivity index (χ1n) is 8.50. The fraction of sp³-hybridized carbons (Fsp3) is 0.444. The Morgan fingerprint density at radius 1 is 1.44 bits per heavy atom. The van der Waals surface area contributed by atoms with Gasteiger partial charge in [-0.15, -0.1) is 0 Å². The number of aryl methyl sites for hydroxylation is 1. The number of fused-ring (bicyclic) bond motifs is 1. The Hall–Kier alpha value is -2.54. The normalized spacial score (nSPS) is 32.0. The van der Waals surface area contributed by atoms with Crippen molar-refractivity contribution in [1.82, 2.24) is 10.2 Å². The number of rotatable bonds is 4. The van der Waals surface area contributed by atoms with E-state index in [9.17, 15) is 4.79 Å². The molecule has 3 heterocycles. The quantitative estimate of drug-likeness (QED) is 0.834. The molecule has 25 heavy (non-hydrogen) atoms. The van der Waals surface area contributed by atoms with Crippen LogP contribution in [0.1, 0.15) is 17.5 Å². The number of carbonyl (C=O) groups is 1. The van der Waals surface area contributed by atoms with Gasteiger partial charge in [-0.05, 0) is 12.5 Å². The second-order valence-corrected chi connectivity index (χ2v) is 6.60. The fourth-order valence-corrected chi connectivity index (χ4v) is 3.40. The zero-order chi connectivity index (χ0) is 17.2. The topological polar surface area (TPSA) is 78.7 Å². The van der Waals surface area contributed by atoms with Crippen LogP contribution in [-0.2, 0) is 16.1 Å². The maximum Gasteiger partial charge on any atom is 0.155 e. The molecule has 3 aliphatic rings. The lowest BCUT2D eigenvalue weighted by Crippen LogP contribution is -2.50. The summed E-state index contributed by atoms with van der Waals surface area (Å²) in [5.74, 6) is 0.766. The highest BCUT2D eigenvalue weighted by Gasteiger charge is 2.42. The van der Waals surface area contributed by atoms with E-state index >= 15 is 0 Å². The van der Waals surface area contributed by atoms with Crippen molar-refractivity contribution >= 4 is 24.8 Å². The fourth-order valence-electron chi connectivity index (χ4n) is 3.40. The van der Waals surface area contributed by atoms with Gasteiger partial charge in [-0.2, -0.15) is 0 Å². The van der Waals surface area contributed by atoms with Crippen LogP contribution >= 0.6 is 0 Å².